The maximum absolute atomic E-state index is 10.2. The van der Waals surface area contributed by atoms with Gasteiger partial charge in [0.25, 0.3) is 0 Å². The van der Waals surface area contributed by atoms with Gasteiger partial charge in [0, 0.05) is 36.0 Å². The molecule has 1 aliphatic carbocycles. The van der Waals surface area contributed by atoms with E-state index < -0.39 is 11.1 Å². The molecule has 2 fully saturated rings. The largest absolute Gasteiger partial charge is 0.390 e. The number of hydrogen-bond donors (Lipinski definition) is 2. The van der Waals surface area contributed by atoms with E-state index in [1.807, 2.05) is 19.2 Å². The molecule has 2 aromatic heterocycles. The minimum atomic E-state index is -0.678. The van der Waals surface area contributed by atoms with Crippen molar-refractivity contribution in [1.29, 1.82) is 0 Å². The lowest BCUT2D eigenvalue weighted by molar-refractivity contribution is -0.0738. The van der Waals surface area contributed by atoms with Gasteiger partial charge < -0.3 is 20.5 Å². The van der Waals surface area contributed by atoms with Crippen LogP contribution in [0.5, 0.6) is 0 Å². The van der Waals surface area contributed by atoms with Gasteiger partial charge in [-0.25, -0.2) is 9.97 Å². The minimum absolute atomic E-state index is 0.467. The van der Waals surface area contributed by atoms with Crippen LogP contribution in [0.2, 0.25) is 0 Å². The summed E-state index contributed by atoms with van der Waals surface area (Å²) in [6.07, 6.45) is 3.07. The Balaban J connectivity index is 1.34. The Labute approximate surface area is 215 Å². The monoisotopic (exact) mass is 498 g/mol. The lowest BCUT2D eigenvalue weighted by atomic mass is 9.63. The highest BCUT2D eigenvalue weighted by atomic mass is 32.1. The second-order valence-corrected chi connectivity index (χ2v) is 11.2. The molecular weight excluding hydrogens is 468 g/mol. The number of rotatable bonds is 5. The Kier molecular flexibility index (Phi) is 5.88. The highest BCUT2D eigenvalue weighted by Crippen LogP contribution is 2.47. The fourth-order valence-corrected chi connectivity index (χ4v) is 6.47. The van der Waals surface area contributed by atoms with Crippen LogP contribution in [0.15, 0.2) is 72.9 Å². The van der Waals surface area contributed by atoms with Gasteiger partial charge in [-0.15, -0.1) is 11.3 Å². The van der Waals surface area contributed by atoms with Gasteiger partial charge in [-0.05, 0) is 43.0 Å². The lowest BCUT2D eigenvalue weighted by Crippen LogP contribution is -2.58. The third kappa shape index (κ3) is 4.44. The predicted octanol–water partition coefficient (Wildman–Crippen LogP) is 5.07. The predicted molar refractivity (Wildman–Crippen MR) is 145 cm³/mol. The van der Waals surface area contributed by atoms with Crippen molar-refractivity contribution in [2.24, 2.45) is 5.73 Å². The van der Waals surface area contributed by atoms with Gasteiger partial charge in [-0.1, -0.05) is 54.6 Å². The Hall–Kier alpha value is -3.10. The molecular formula is C29H30N4O2S. The van der Waals surface area contributed by atoms with Crippen LogP contribution in [0.4, 0.5) is 5.82 Å². The van der Waals surface area contributed by atoms with Crippen molar-refractivity contribution in [3.63, 3.8) is 0 Å². The first-order valence-corrected chi connectivity index (χ1v) is 13.2. The lowest BCUT2D eigenvalue weighted by Gasteiger charge is -2.49. The van der Waals surface area contributed by atoms with E-state index in [0.717, 1.165) is 70.0 Å². The van der Waals surface area contributed by atoms with Crippen LogP contribution in [0.25, 0.3) is 32.3 Å². The summed E-state index contributed by atoms with van der Waals surface area (Å²) in [5, 5.41) is 11.1. The third-order valence-electron chi connectivity index (χ3n) is 7.12. The SMILES string of the molecule is CC1(O)CC(N)(c2ccc(-c3nc(-c4ccc(N5CCOCC5)nc4)sc3-c3ccccc3)cc2)C1. The van der Waals surface area contributed by atoms with Gasteiger partial charge in [0.15, 0.2) is 0 Å². The fourth-order valence-electron chi connectivity index (χ4n) is 5.39. The van der Waals surface area contributed by atoms with Gasteiger partial charge in [0.1, 0.15) is 10.8 Å². The summed E-state index contributed by atoms with van der Waals surface area (Å²) in [4.78, 5) is 13.2. The van der Waals surface area contributed by atoms with Crippen molar-refractivity contribution in [2.75, 3.05) is 31.2 Å². The summed E-state index contributed by atoms with van der Waals surface area (Å²) >= 11 is 1.68. The maximum atomic E-state index is 10.2. The molecule has 0 radical (unpaired) electrons. The van der Waals surface area contributed by atoms with E-state index in [2.05, 4.69) is 65.6 Å². The number of nitrogens with two attached hydrogens (primary N) is 1. The van der Waals surface area contributed by atoms with Crippen LogP contribution in [-0.4, -0.2) is 47.0 Å². The smallest absolute Gasteiger partial charge is 0.128 e. The van der Waals surface area contributed by atoms with Crippen LogP contribution >= 0.6 is 11.3 Å². The number of aliphatic hydroxyl groups is 1. The van der Waals surface area contributed by atoms with E-state index >= 15 is 0 Å². The number of thiazole rings is 1. The van der Waals surface area contributed by atoms with Gasteiger partial charge >= 0.3 is 0 Å². The maximum Gasteiger partial charge on any atom is 0.128 e. The molecule has 0 spiro atoms. The Morgan fingerprint density at radius 3 is 2.25 bits per heavy atom. The standard InChI is InChI=1S/C29H30N4O2S/c1-28(34)18-29(30,19-28)23-10-7-20(8-11-23)25-26(21-5-3-2-4-6-21)36-27(32-25)22-9-12-24(31-17-22)33-13-15-35-16-14-33/h2-12,17,34H,13-16,18-19,30H2,1H3. The molecule has 6 rings (SSSR count). The summed E-state index contributed by atoms with van der Waals surface area (Å²) in [6.45, 7) is 5.05. The Bertz CT molecular complexity index is 1340. The molecule has 4 aromatic rings. The second-order valence-electron chi connectivity index (χ2n) is 10.2. The van der Waals surface area contributed by atoms with Crippen LogP contribution < -0.4 is 10.6 Å². The zero-order valence-corrected chi connectivity index (χ0v) is 21.2. The van der Waals surface area contributed by atoms with Crippen LogP contribution in [0.1, 0.15) is 25.3 Å². The van der Waals surface area contributed by atoms with E-state index in [9.17, 15) is 5.11 Å². The van der Waals surface area contributed by atoms with Crippen molar-refractivity contribution in [3.8, 4) is 32.3 Å². The van der Waals surface area contributed by atoms with Crippen molar-refractivity contribution >= 4 is 17.2 Å². The normalized spacial score (nSPS) is 23.9. The van der Waals surface area contributed by atoms with Crippen molar-refractivity contribution in [2.45, 2.75) is 30.9 Å². The van der Waals surface area contributed by atoms with Crippen LogP contribution in [-0.2, 0) is 10.3 Å². The molecule has 36 heavy (non-hydrogen) atoms. The molecule has 1 saturated heterocycles. The average molecular weight is 499 g/mol. The molecule has 2 aromatic carbocycles. The summed E-state index contributed by atoms with van der Waals surface area (Å²) in [5.41, 5.74) is 10.6. The molecule has 2 aliphatic rings. The van der Waals surface area contributed by atoms with Gasteiger partial charge in [-0.3, -0.25) is 0 Å². The van der Waals surface area contributed by atoms with E-state index in [4.69, 9.17) is 20.4 Å². The number of morpholine rings is 1. The van der Waals surface area contributed by atoms with Crippen molar-refractivity contribution in [3.05, 3.63) is 78.5 Å². The van der Waals surface area contributed by atoms with Crippen LogP contribution in [0, 0.1) is 0 Å². The molecule has 7 heteroatoms. The number of ether oxygens (including phenoxy) is 1. The zero-order chi connectivity index (χ0) is 24.8. The number of benzene rings is 2. The summed E-state index contributed by atoms with van der Waals surface area (Å²) in [6, 6.07) is 22.9. The van der Waals surface area contributed by atoms with E-state index in [1.165, 1.54) is 0 Å². The summed E-state index contributed by atoms with van der Waals surface area (Å²) in [5.74, 6) is 0.975. The molecule has 1 aliphatic heterocycles. The molecule has 0 atom stereocenters. The summed E-state index contributed by atoms with van der Waals surface area (Å²) in [7, 11) is 0. The highest BCUT2D eigenvalue weighted by molar-refractivity contribution is 7.19. The number of hydrogen-bond acceptors (Lipinski definition) is 7. The van der Waals surface area contributed by atoms with Crippen LogP contribution in [0.3, 0.4) is 0 Å². The number of aromatic nitrogens is 2. The Morgan fingerprint density at radius 2 is 1.61 bits per heavy atom. The topological polar surface area (TPSA) is 84.5 Å². The molecule has 0 unspecified atom stereocenters. The first-order chi connectivity index (χ1) is 17.4. The first-order valence-electron chi connectivity index (χ1n) is 12.4. The molecule has 0 bridgehead atoms. The Morgan fingerprint density at radius 1 is 0.917 bits per heavy atom. The molecule has 3 N–H and O–H groups in total. The summed E-state index contributed by atoms with van der Waals surface area (Å²) < 4.78 is 5.46. The van der Waals surface area contributed by atoms with Gasteiger partial charge in [-0.2, -0.15) is 0 Å². The number of pyridine rings is 1. The molecule has 3 heterocycles. The third-order valence-corrected chi connectivity index (χ3v) is 8.27. The quantitative estimate of drug-likeness (QED) is 0.399. The molecule has 1 saturated carbocycles. The van der Waals surface area contributed by atoms with E-state index in [-0.39, 0.29) is 0 Å². The van der Waals surface area contributed by atoms with Gasteiger partial charge in [0.2, 0.25) is 0 Å². The molecule has 0 amide bonds. The molecule has 184 valence electrons. The van der Waals surface area contributed by atoms with E-state index in [1.54, 1.807) is 11.3 Å². The average Bonchev–Trinajstić information content (AvgIpc) is 3.34. The number of anilines is 1. The minimum Gasteiger partial charge on any atom is -0.390 e. The number of nitrogens with zero attached hydrogens (tertiary/aromatic N) is 3. The van der Waals surface area contributed by atoms with Crippen molar-refractivity contribution < 1.29 is 9.84 Å². The molecule has 6 nitrogen and oxygen atoms in total. The second kappa shape index (κ2) is 9.09. The zero-order valence-electron chi connectivity index (χ0n) is 20.4. The van der Waals surface area contributed by atoms with Gasteiger partial charge in [0.05, 0.1) is 29.4 Å². The fraction of sp³-hybridized carbons (Fsp3) is 0.310. The van der Waals surface area contributed by atoms with E-state index in [0.29, 0.717) is 12.8 Å². The highest BCUT2D eigenvalue weighted by Gasteiger charge is 2.49. The van der Waals surface area contributed by atoms with Crippen molar-refractivity contribution in [1.82, 2.24) is 9.97 Å². The first kappa shape index (κ1) is 23.3.